The van der Waals surface area contributed by atoms with Gasteiger partial charge < -0.3 is 9.84 Å². The summed E-state index contributed by atoms with van der Waals surface area (Å²) in [5, 5.41) is 7.25. The van der Waals surface area contributed by atoms with Gasteiger partial charge in [-0.1, -0.05) is 12.1 Å². The van der Waals surface area contributed by atoms with Crippen LogP contribution in [0, 0.1) is 0 Å². The molecule has 1 saturated carbocycles. The summed E-state index contributed by atoms with van der Waals surface area (Å²) in [6, 6.07) is 0. The van der Waals surface area contributed by atoms with Crippen molar-refractivity contribution in [3.8, 4) is 0 Å². The number of nitrogens with one attached hydrogen (secondary N) is 1. The summed E-state index contributed by atoms with van der Waals surface area (Å²) in [7, 11) is 0. The van der Waals surface area contributed by atoms with E-state index in [1.807, 2.05) is 0 Å². The van der Waals surface area contributed by atoms with Gasteiger partial charge in [0.25, 0.3) is 0 Å². The van der Waals surface area contributed by atoms with Crippen molar-refractivity contribution in [1.29, 1.82) is 0 Å². The predicted octanol–water partition coefficient (Wildman–Crippen LogP) is 1.15. The average Bonchev–Trinajstić information content (AvgIpc) is 2.73. The number of rotatable bonds is 2. The predicted molar refractivity (Wildman–Crippen MR) is 51.4 cm³/mol. The summed E-state index contributed by atoms with van der Waals surface area (Å²) in [6.07, 6.45) is 0.777. The molecule has 1 aromatic heterocycles. The van der Waals surface area contributed by atoms with Gasteiger partial charge in [0, 0.05) is 12.0 Å². The number of halogens is 1. The van der Waals surface area contributed by atoms with Gasteiger partial charge in [0.15, 0.2) is 5.82 Å². The molecule has 2 aliphatic rings. The molecule has 1 aromatic rings. The molecule has 2 fully saturated rings. The SMILES string of the molecule is CC1(c2noc([C@@H]3C[C@@H]3F)n2)CCNC1. The van der Waals surface area contributed by atoms with Gasteiger partial charge >= 0.3 is 0 Å². The minimum Gasteiger partial charge on any atom is -0.339 e. The van der Waals surface area contributed by atoms with Crippen LogP contribution in [-0.4, -0.2) is 29.4 Å². The summed E-state index contributed by atoms with van der Waals surface area (Å²) >= 11 is 0. The largest absolute Gasteiger partial charge is 0.339 e. The van der Waals surface area contributed by atoms with E-state index in [-0.39, 0.29) is 11.3 Å². The second-order valence-electron chi connectivity index (χ2n) is 4.80. The lowest BCUT2D eigenvalue weighted by molar-refractivity contribution is 0.348. The average molecular weight is 211 g/mol. The van der Waals surface area contributed by atoms with Crippen LogP contribution in [0.2, 0.25) is 0 Å². The maximum absolute atomic E-state index is 12.8. The van der Waals surface area contributed by atoms with Crippen LogP contribution in [0.5, 0.6) is 0 Å². The molecule has 1 unspecified atom stereocenters. The molecule has 5 heteroatoms. The van der Waals surface area contributed by atoms with Gasteiger partial charge in [0.2, 0.25) is 5.89 Å². The monoisotopic (exact) mass is 211 g/mol. The number of nitrogens with zero attached hydrogens (tertiary/aromatic N) is 2. The van der Waals surface area contributed by atoms with Gasteiger partial charge in [-0.05, 0) is 19.4 Å². The van der Waals surface area contributed by atoms with Crippen molar-refractivity contribution >= 4 is 0 Å². The Hall–Kier alpha value is -0.970. The van der Waals surface area contributed by atoms with Crippen molar-refractivity contribution in [1.82, 2.24) is 15.5 Å². The second kappa shape index (κ2) is 3.01. The lowest BCUT2D eigenvalue weighted by atomic mass is 9.89. The van der Waals surface area contributed by atoms with E-state index in [4.69, 9.17) is 4.52 Å². The molecule has 2 heterocycles. The Kier molecular flexibility index (Phi) is 1.86. The summed E-state index contributed by atoms with van der Waals surface area (Å²) < 4.78 is 17.9. The van der Waals surface area contributed by atoms with Gasteiger partial charge in [-0.15, -0.1) is 0 Å². The van der Waals surface area contributed by atoms with Crippen molar-refractivity contribution in [2.24, 2.45) is 0 Å². The molecule has 0 amide bonds. The van der Waals surface area contributed by atoms with Gasteiger partial charge in [0.1, 0.15) is 6.17 Å². The van der Waals surface area contributed by atoms with Crippen molar-refractivity contribution in [3.05, 3.63) is 11.7 Å². The smallest absolute Gasteiger partial charge is 0.232 e. The van der Waals surface area contributed by atoms with Crippen LogP contribution in [0.25, 0.3) is 0 Å². The van der Waals surface area contributed by atoms with Gasteiger partial charge in [-0.25, -0.2) is 4.39 Å². The zero-order valence-electron chi connectivity index (χ0n) is 8.66. The second-order valence-corrected chi connectivity index (χ2v) is 4.80. The van der Waals surface area contributed by atoms with Crippen LogP contribution < -0.4 is 5.32 Å². The van der Waals surface area contributed by atoms with Gasteiger partial charge in [0.05, 0.1) is 5.92 Å². The van der Waals surface area contributed by atoms with E-state index >= 15 is 0 Å². The zero-order valence-corrected chi connectivity index (χ0v) is 8.66. The van der Waals surface area contributed by atoms with E-state index < -0.39 is 6.17 Å². The molecule has 82 valence electrons. The minimum atomic E-state index is -0.771. The van der Waals surface area contributed by atoms with Crippen molar-refractivity contribution in [2.75, 3.05) is 13.1 Å². The Labute approximate surface area is 87.2 Å². The summed E-state index contributed by atoms with van der Waals surface area (Å²) in [4.78, 5) is 4.32. The van der Waals surface area contributed by atoms with E-state index in [1.165, 1.54) is 0 Å². The lowest BCUT2D eigenvalue weighted by Crippen LogP contribution is -2.26. The number of alkyl halides is 1. The minimum absolute atomic E-state index is 0.0392. The number of aromatic nitrogens is 2. The van der Waals surface area contributed by atoms with Gasteiger partial charge in [-0.2, -0.15) is 4.98 Å². The molecule has 3 rings (SSSR count). The fourth-order valence-corrected chi connectivity index (χ4v) is 2.06. The first kappa shape index (κ1) is 9.27. The Morgan fingerprint density at radius 1 is 1.60 bits per heavy atom. The third kappa shape index (κ3) is 1.45. The molecule has 1 saturated heterocycles. The number of hydrogen-bond acceptors (Lipinski definition) is 4. The van der Waals surface area contributed by atoms with Crippen molar-refractivity contribution in [2.45, 2.75) is 37.3 Å². The van der Waals surface area contributed by atoms with Crippen LogP contribution in [-0.2, 0) is 5.41 Å². The van der Waals surface area contributed by atoms with Crippen LogP contribution in [0.3, 0.4) is 0 Å². The highest BCUT2D eigenvalue weighted by atomic mass is 19.1. The quantitative estimate of drug-likeness (QED) is 0.797. The Morgan fingerprint density at radius 2 is 2.40 bits per heavy atom. The highest BCUT2D eigenvalue weighted by Gasteiger charge is 2.45. The Bertz CT molecular complexity index is 372. The van der Waals surface area contributed by atoms with E-state index in [9.17, 15) is 4.39 Å². The fraction of sp³-hybridized carbons (Fsp3) is 0.800. The highest BCUT2D eigenvalue weighted by Crippen LogP contribution is 2.43. The molecule has 0 radical (unpaired) electrons. The number of hydrogen-bond donors (Lipinski definition) is 1. The fourth-order valence-electron chi connectivity index (χ4n) is 2.06. The Morgan fingerprint density at radius 3 is 3.00 bits per heavy atom. The molecule has 15 heavy (non-hydrogen) atoms. The molecule has 3 atom stereocenters. The molecule has 1 aliphatic carbocycles. The topological polar surface area (TPSA) is 51.0 Å². The third-order valence-electron chi connectivity index (χ3n) is 3.38. The summed E-state index contributed by atoms with van der Waals surface area (Å²) in [5.74, 6) is 1.07. The molecular formula is C10H14FN3O. The first-order valence-corrected chi connectivity index (χ1v) is 5.38. The standard InChI is InChI=1S/C10H14FN3O/c1-10(2-3-12-5-10)9-13-8(15-14-9)6-4-7(6)11/h6-7,12H,2-5H2,1H3/t6-,7+,10?/m1/s1. The maximum Gasteiger partial charge on any atom is 0.232 e. The van der Waals surface area contributed by atoms with Crippen LogP contribution in [0.1, 0.15) is 37.4 Å². The molecule has 0 bridgehead atoms. The van der Waals surface area contributed by atoms with Gasteiger partial charge in [-0.3, -0.25) is 0 Å². The molecule has 1 N–H and O–H groups in total. The van der Waals surface area contributed by atoms with E-state index in [0.29, 0.717) is 12.3 Å². The highest BCUT2D eigenvalue weighted by molar-refractivity contribution is 5.14. The molecular weight excluding hydrogens is 197 g/mol. The maximum atomic E-state index is 12.8. The normalized spacial score (nSPS) is 39.6. The van der Waals surface area contributed by atoms with Crippen molar-refractivity contribution in [3.63, 3.8) is 0 Å². The van der Waals surface area contributed by atoms with Crippen LogP contribution >= 0.6 is 0 Å². The first-order valence-electron chi connectivity index (χ1n) is 5.38. The first-order chi connectivity index (χ1) is 7.19. The zero-order chi connectivity index (χ0) is 10.5. The van der Waals surface area contributed by atoms with Crippen LogP contribution in [0.15, 0.2) is 4.52 Å². The molecule has 1 aliphatic heterocycles. The Balaban J connectivity index is 1.83. The molecule has 0 spiro atoms. The van der Waals surface area contributed by atoms with Crippen molar-refractivity contribution < 1.29 is 8.91 Å². The molecule has 0 aromatic carbocycles. The van der Waals surface area contributed by atoms with E-state index in [2.05, 4.69) is 22.4 Å². The van der Waals surface area contributed by atoms with Crippen LogP contribution in [0.4, 0.5) is 4.39 Å². The van der Waals surface area contributed by atoms with E-state index in [0.717, 1.165) is 25.3 Å². The van der Waals surface area contributed by atoms with E-state index in [1.54, 1.807) is 0 Å². The third-order valence-corrected chi connectivity index (χ3v) is 3.38. The summed E-state index contributed by atoms with van der Waals surface area (Å²) in [6.45, 7) is 3.96. The summed E-state index contributed by atoms with van der Waals surface area (Å²) in [5.41, 5.74) is -0.0392. The molecule has 4 nitrogen and oxygen atoms in total. The lowest BCUT2D eigenvalue weighted by Gasteiger charge is -2.16.